The van der Waals surface area contributed by atoms with Gasteiger partial charge in [-0.3, -0.25) is 0 Å². The van der Waals surface area contributed by atoms with E-state index < -0.39 is 0 Å². The molecular formula is C24H32O2. The molecule has 1 unspecified atom stereocenters. The third kappa shape index (κ3) is 3.00. The molecule has 0 bridgehead atoms. The second-order valence-corrected chi connectivity index (χ2v) is 8.72. The highest BCUT2D eigenvalue weighted by atomic mass is 16.5. The van der Waals surface area contributed by atoms with Crippen molar-refractivity contribution in [3.63, 3.8) is 0 Å². The van der Waals surface area contributed by atoms with Gasteiger partial charge in [-0.1, -0.05) is 57.0 Å². The van der Waals surface area contributed by atoms with Crippen LogP contribution in [0, 0.1) is 13.8 Å². The molecule has 1 N–H and O–H groups in total. The molecule has 3 rings (SSSR count). The van der Waals surface area contributed by atoms with Crippen LogP contribution in [0.25, 0.3) is 0 Å². The number of phenols is 1. The molecule has 0 aliphatic carbocycles. The number of aromatic hydroxyl groups is 1. The Morgan fingerprint density at radius 3 is 2.23 bits per heavy atom. The number of hydrogen-bond acceptors (Lipinski definition) is 2. The van der Waals surface area contributed by atoms with Gasteiger partial charge in [0.1, 0.15) is 17.1 Å². The molecule has 0 spiro atoms. The Kier molecular flexibility index (Phi) is 4.58. The van der Waals surface area contributed by atoms with Gasteiger partial charge in [0.25, 0.3) is 0 Å². The third-order valence-electron chi connectivity index (χ3n) is 6.21. The lowest BCUT2D eigenvalue weighted by Crippen LogP contribution is -2.38. The molecule has 0 saturated heterocycles. The monoisotopic (exact) mass is 352 g/mol. The molecule has 0 amide bonds. The summed E-state index contributed by atoms with van der Waals surface area (Å²) in [6.07, 6.45) is 2.65. The summed E-state index contributed by atoms with van der Waals surface area (Å²) < 4.78 is 6.19. The van der Waals surface area contributed by atoms with Gasteiger partial charge >= 0.3 is 0 Å². The summed E-state index contributed by atoms with van der Waals surface area (Å²) >= 11 is 0. The van der Waals surface area contributed by atoms with Crippen LogP contribution in [0.5, 0.6) is 11.5 Å². The van der Waals surface area contributed by atoms with E-state index in [0.717, 1.165) is 29.7 Å². The molecule has 1 atom stereocenters. The van der Waals surface area contributed by atoms with Crippen LogP contribution in [0.1, 0.15) is 80.8 Å². The molecule has 1 aliphatic heterocycles. The molecule has 2 heteroatoms. The van der Waals surface area contributed by atoms with E-state index >= 15 is 0 Å². The maximum Gasteiger partial charge on any atom is 0.135 e. The molecule has 26 heavy (non-hydrogen) atoms. The zero-order valence-electron chi connectivity index (χ0n) is 17.3. The molecule has 0 saturated carbocycles. The quantitative estimate of drug-likeness (QED) is 0.683. The van der Waals surface area contributed by atoms with E-state index in [9.17, 15) is 5.11 Å². The Morgan fingerprint density at radius 1 is 1.00 bits per heavy atom. The van der Waals surface area contributed by atoms with Crippen molar-refractivity contribution in [2.45, 2.75) is 78.7 Å². The first kappa shape index (κ1) is 18.8. The summed E-state index contributed by atoms with van der Waals surface area (Å²) in [4.78, 5) is 0. The minimum atomic E-state index is -0.167. The van der Waals surface area contributed by atoms with Crippen molar-refractivity contribution in [1.29, 1.82) is 0 Å². The Morgan fingerprint density at radius 2 is 1.62 bits per heavy atom. The van der Waals surface area contributed by atoms with Gasteiger partial charge < -0.3 is 9.84 Å². The van der Waals surface area contributed by atoms with Crippen LogP contribution in [0.2, 0.25) is 0 Å². The lowest BCUT2D eigenvalue weighted by atomic mass is 9.79. The smallest absolute Gasteiger partial charge is 0.135 e. The minimum absolute atomic E-state index is 0.0419. The number of phenolic OH excluding ortho intramolecular Hbond substituents is 1. The summed E-state index contributed by atoms with van der Waals surface area (Å²) in [5, 5.41) is 11.0. The predicted molar refractivity (Wildman–Crippen MR) is 108 cm³/mol. The van der Waals surface area contributed by atoms with Gasteiger partial charge in [0, 0.05) is 17.5 Å². The van der Waals surface area contributed by atoms with Gasteiger partial charge in [0.15, 0.2) is 0 Å². The summed E-state index contributed by atoms with van der Waals surface area (Å²) in [6.45, 7) is 15.1. The Balaban J connectivity index is 2.05. The van der Waals surface area contributed by atoms with E-state index in [1.807, 2.05) is 0 Å². The van der Waals surface area contributed by atoms with Gasteiger partial charge in [-0.2, -0.15) is 0 Å². The molecule has 0 fully saturated rings. The van der Waals surface area contributed by atoms with Crippen LogP contribution >= 0.6 is 0 Å². The largest absolute Gasteiger partial charge is 0.507 e. The molecule has 2 aromatic rings. The van der Waals surface area contributed by atoms with Crippen molar-refractivity contribution < 1.29 is 9.84 Å². The topological polar surface area (TPSA) is 29.5 Å². The molecule has 2 aromatic carbocycles. The molecule has 2 nitrogen and oxygen atoms in total. The lowest BCUT2D eigenvalue weighted by molar-refractivity contribution is 0.0267. The van der Waals surface area contributed by atoms with E-state index in [2.05, 4.69) is 72.7 Å². The number of rotatable bonds is 5. The fraction of sp³-hybridized carbons (Fsp3) is 0.500. The fourth-order valence-electron chi connectivity index (χ4n) is 3.89. The first-order valence-corrected chi connectivity index (χ1v) is 9.77. The zero-order valence-corrected chi connectivity index (χ0v) is 17.3. The number of ether oxygens (including phenoxy) is 1. The van der Waals surface area contributed by atoms with Crippen LogP contribution in [0.4, 0.5) is 0 Å². The van der Waals surface area contributed by atoms with Crippen molar-refractivity contribution >= 4 is 0 Å². The minimum Gasteiger partial charge on any atom is -0.507 e. The molecular weight excluding hydrogens is 320 g/mol. The van der Waals surface area contributed by atoms with Crippen molar-refractivity contribution in [3.05, 3.63) is 57.6 Å². The van der Waals surface area contributed by atoms with Crippen LogP contribution in [0.3, 0.4) is 0 Å². The maximum absolute atomic E-state index is 11.0. The average molecular weight is 353 g/mol. The van der Waals surface area contributed by atoms with E-state index in [4.69, 9.17) is 4.74 Å². The van der Waals surface area contributed by atoms with Gasteiger partial charge in [-0.25, -0.2) is 0 Å². The summed E-state index contributed by atoms with van der Waals surface area (Å²) in [7, 11) is 0. The second-order valence-electron chi connectivity index (χ2n) is 8.72. The van der Waals surface area contributed by atoms with Crippen LogP contribution in [-0.2, 0) is 17.4 Å². The molecule has 0 radical (unpaired) electrons. The van der Waals surface area contributed by atoms with Gasteiger partial charge in [0.2, 0.25) is 0 Å². The third-order valence-corrected chi connectivity index (χ3v) is 6.21. The predicted octanol–water partition coefficient (Wildman–Crippen LogP) is 6.31. The van der Waals surface area contributed by atoms with Crippen molar-refractivity contribution in [2.24, 2.45) is 0 Å². The van der Waals surface area contributed by atoms with Crippen molar-refractivity contribution in [1.82, 2.24) is 0 Å². The fourth-order valence-corrected chi connectivity index (χ4v) is 3.89. The van der Waals surface area contributed by atoms with E-state index in [-0.39, 0.29) is 11.0 Å². The highest BCUT2D eigenvalue weighted by molar-refractivity contribution is 5.56. The Hall–Kier alpha value is -1.96. The standard InChI is InChI=1S/C24H32O2/c1-8-23(5,6)19-12-15(3)10-17(21(19)25)14-18-11-16(4)13-20-22(18)26-24(20,7)9-2/h10-13,25H,8-9,14H2,1-7H3. The van der Waals surface area contributed by atoms with E-state index in [1.165, 1.54) is 22.3 Å². The van der Waals surface area contributed by atoms with Crippen LogP contribution < -0.4 is 4.74 Å². The van der Waals surface area contributed by atoms with Gasteiger partial charge in [0.05, 0.1) is 0 Å². The SMILES string of the molecule is CCC(C)(C)c1cc(C)cc(Cc2cc(C)cc3c2OC3(C)CC)c1O. The zero-order chi connectivity index (χ0) is 19.3. The second kappa shape index (κ2) is 6.33. The van der Waals surface area contributed by atoms with Crippen LogP contribution in [0.15, 0.2) is 24.3 Å². The normalized spacial score (nSPS) is 18.9. The van der Waals surface area contributed by atoms with E-state index in [0.29, 0.717) is 12.2 Å². The molecule has 1 aliphatic rings. The highest BCUT2D eigenvalue weighted by Gasteiger charge is 2.41. The number of fused-ring (bicyclic) bond motifs is 1. The summed E-state index contributed by atoms with van der Waals surface area (Å²) in [5.74, 6) is 1.45. The van der Waals surface area contributed by atoms with Crippen LogP contribution in [-0.4, -0.2) is 5.11 Å². The highest BCUT2D eigenvalue weighted by Crippen LogP contribution is 2.49. The summed E-state index contributed by atoms with van der Waals surface area (Å²) in [6, 6.07) is 8.67. The number of aryl methyl sites for hydroxylation is 2. The molecule has 1 heterocycles. The van der Waals surface area contributed by atoms with Gasteiger partial charge in [-0.15, -0.1) is 0 Å². The van der Waals surface area contributed by atoms with Crippen molar-refractivity contribution in [2.75, 3.05) is 0 Å². The molecule has 140 valence electrons. The first-order valence-electron chi connectivity index (χ1n) is 9.77. The first-order chi connectivity index (χ1) is 12.1. The maximum atomic E-state index is 11.0. The number of hydrogen-bond donors (Lipinski definition) is 1. The summed E-state index contributed by atoms with van der Waals surface area (Å²) in [5.41, 5.74) is 6.75. The lowest BCUT2D eigenvalue weighted by Gasteiger charge is -2.42. The average Bonchev–Trinajstić information content (AvgIpc) is 2.58. The van der Waals surface area contributed by atoms with E-state index in [1.54, 1.807) is 0 Å². The molecule has 0 aromatic heterocycles. The van der Waals surface area contributed by atoms with Crippen molar-refractivity contribution in [3.8, 4) is 11.5 Å². The van der Waals surface area contributed by atoms with Gasteiger partial charge in [-0.05, 0) is 56.2 Å². The Bertz CT molecular complexity index is 848. The Labute approximate surface area is 158 Å². The number of benzene rings is 2.